The molecule has 4 heterocycles. The van der Waals surface area contributed by atoms with Crippen LogP contribution in [0.3, 0.4) is 0 Å². The third-order valence-corrected chi connectivity index (χ3v) is 5.94. The van der Waals surface area contributed by atoms with Crippen molar-refractivity contribution in [3.05, 3.63) is 63.2 Å². The van der Waals surface area contributed by atoms with Crippen LogP contribution in [0, 0.1) is 12.8 Å². The number of aromatic amines is 1. The molecule has 3 aromatic rings. The molecule has 0 unspecified atom stereocenters. The van der Waals surface area contributed by atoms with Crippen LogP contribution < -0.4 is 5.56 Å². The zero-order valence-electron chi connectivity index (χ0n) is 14.9. The molecule has 0 aromatic carbocycles. The number of oxazole rings is 1. The Bertz CT molecular complexity index is 885. The zero-order chi connectivity index (χ0) is 17.9. The average molecular weight is 369 g/mol. The second-order valence-electron chi connectivity index (χ2n) is 6.98. The first kappa shape index (κ1) is 17.2. The highest BCUT2D eigenvalue weighted by Crippen LogP contribution is 2.27. The van der Waals surface area contributed by atoms with E-state index in [-0.39, 0.29) is 5.56 Å². The molecule has 136 valence electrons. The van der Waals surface area contributed by atoms with Gasteiger partial charge in [-0.1, -0.05) is 12.1 Å². The van der Waals surface area contributed by atoms with Crippen molar-refractivity contribution in [2.75, 3.05) is 13.1 Å². The minimum Gasteiger partial charge on any atom is -0.440 e. The molecule has 0 aliphatic carbocycles. The average Bonchev–Trinajstić information content (AvgIpc) is 3.29. The number of aromatic nitrogens is 2. The fourth-order valence-electron chi connectivity index (χ4n) is 3.54. The van der Waals surface area contributed by atoms with E-state index in [4.69, 9.17) is 9.40 Å². The molecule has 0 amide bonds. The number of likely N-dealkylation sites (tertiary alicyclic amines) is 1. The van der Waals surface area contributed by atoms with Gasteiger partial charge in [-0.3, -0.25) is 9.69 Å². The van der Waals surface area contributed by atoms with Gasteiger partial charge in [0.25, 0.3) is 0 Å². The van der Waals surface area contributed by atoms with E-state index in [0.717, 1.165) is 48.3 Å². The lowest BCUT2D eigenvalue weighted by Crippen LogP contribution is -2.34. The number of piperidine rings is 1. The van der Waals surface area contributed by atoms with E-state index in [1.54, 1.807) is 17.4 Å². The molecule has 1 fully saturated rings. The third-order valence-electron chi connectivity index (χ3n) is 5.08. The van der Waals surface area contributed by atoms with Crippen LogP contribution >= 0.6 is 11.3 Å². The van der Waals surface area contributed by atoms with Crippen molar-refractivity contribution >= 4 is 11.3 Å². The number of hydrogen-bond acceptors (Lipinski definition) is 5. The van der Waals surface area contributed by atoms with Gasteiger partial charge in [0.15, 0.2) is 0 Å². The molecule has 1 aliphatic heterocycles. The highest BCUT2D eigenvalue weighted by atomic mass is 32.1. The van der Waals surface area contributed by atoms with Gasteiger partial charge in [0, 0.05) is 18.8 Å². The lowest BCUT2D eigenvalue weighted by atomic mass is 9.90. The van der Waals surface area contributed by atoms with Crippen molar-refractivity contribution in [3.63, 3.8) is 0 Å². The number of nitrogens with zero attached hydrogens (tertiary/aromatic N) is 2. The van der Waals surface area contributed by atoms with Crippen molar-refractivity contribution < 1.29 is 4.42 Å². The van der Waals surface area contributed by atoms with E-state index in [1.165, 1.54) is 18.4 Å². The second-order valence-corrected chi connectivity index (χ2v) is 7.93. The maximum absolute atomic E-state index is 11.2. The highest BCUT2D eigenvalue weighted by molar-refractivity contribution is 7.13. The summed E-state index contributed by atoms with van der Waals surface area (Å²) < 4.78 is 5.85. The number of pyridine rings is 1. The van der Waals surface area contributed by atoms with Gasteiger partial charge in [0.1, 0.15) is 5.76 Å². The van der Waals surface area contributed by atoms with Gasteiger partial charge in [-0.25, -0.2) is 4.98 Å². The molecule has 1 N–H and O–H groups in total. The van der Waals surface area contributed by atoms with E-state index >= 15 is 0 Å². The summed E-state index contributed by atoms with van der Waals surface area (Å²) in [6.07, 6.45) is 5.23. The normalized spacial score (nSPS) is 16.2. The maximum Gasteiger partial charge on any atom is 0.247 e. The third kappa shape index (κ3) is 3.97. The number of nitrogens with one attached hydrogen (secondary N) is 1. The molecule has 4 rings (SSSR count). The number of thiophene rings is 1. The Kier molecular flexibility index (Phi) is 5.04. The van der Waals surface area contributed by atoms with Crippen molar-refractivity contribution in [1.29, 1.82) is 0 Å². The van der Waals surface area contributed by atoms with Crippen LogP contribution in [0.2, 0.25) is 0 Å². The largest absolute Gasteiger partial charge is 0.440 e. The number of rotatable bonds is 5. The van der Waals surface area contributed by atoms with Gasteiger partial charge in [0.2, 0.25) is 11.4 Å². The monoisotopic (exact) mass is 369 g/mol. The second kappa shape index (κ2) is 7.60. The smallest absolute Gasteiger partial charge is 0.247 e. The first-order chi connectivity index (χ1) is 12.7. The molecule has 1 aliphatic rings. The number of hydrogen-bond donors (Lipinski definition) is 1. The fraction of sp³-hybridized carbons (Fsp3) is 0.400. The summed E-state index contributed by atoms with van der Waals surface area (Å²) in [6, 6.07) is 7.62. The van der Waals surface area contributed by atoms with Crippen molar-refractivity contribution in [3.8, 4) is 10.8 Å². The van der Waals surface area contributed by atoms with Gasteiger partial charge in [-0.2, -0.15) is 0 Å². The summed E-state index contributed by atoms with van der Waals surface area (Å²) in [5.74, 6) is 2.33. The van der Waals surface area contributed by atoms with Crippen LogP contribution in [0.1, 0.15) is 29.9 Å². The molecule has 5 nitrogen and oxygen atoms in total. The Balaban J connectivity index is 1.32. The van der Waals surface area contributed by atoms with E-state index in [1.807, 2.05) is 36.7 Å². The van der Waals surface area contributed by atoms with Crippen LogP contribution in [0.15, 0.2) is 45.1 Å². The molecule has 0 atom stereocenters. The highest BCUT2D eigenvalue weighted by Gasteiger charge is 2.22. The molecule has 0 radical (unpaired) electrons. The zero-order valence-corrected chi connectivity index (χ0v) is 15.7. The lowest BCUT2D eigenvalue weighted by molar-refractivity contribution is 0.175. The van der Waals surface area contributed by atoms with Crippen molar-refractivity contribution in [2.45, 2.75) is 32.7 Å². The van der Waals surface area contributed by atoms with Crippen molar-refractivity contribution in [1.82, 2.24) is 14.9 Å². The summed E-state index contributed by atoms with van der Waals surface area (Å²) in [4.78, 5) is 22.2. The molecule has 0 bridgehead atoms. The van der Waals surface area contributed by atoms with Gasteiger partial charge in [-0.05, 0) is 62.2 Å². The quantitative estimate of drug-likeness (QED) is 0.742. The van der Waals surface area contributed by atoms with E-state index < -0.39 is 0 Å². The molecule has 0 saturated carbocycles. The fourth-order valence-corrected chi connectivity index (χ4v) is 4.19. The minimum atomic E-state index is -0.0338. The number of aryl methyl sites for hydroxylation is 1. The van der Waals surface area contributed by atoms with E-state index in [2.05, 4.69) is 9.88 Å². The van der Waals surface area contributed by atoms with Gasteiger partial charge in [-0.15, -0.1) is 11.3 Å². The first-order valence-electron chi connectivity index (χ1n) is 9.07. The van der Waals surface area contributed by atoms with Crippen LogP contribution in [-0.4, -0.2) is 28.0 Å². The SMILES string of the molecule is Cc1oc(-c2cccs2)nc1CN1CCC(Cc2ccc(=O)[nH]c2)CC1. The topological polar surface area (TPSA) is 62.1 Å². The van der Waals surface area contributed by atoms with Gasteiger partial charge < -0.3 is 9.40 Å². The Morgan fingerprint density at radius 2 is 2.15 bits per heavy atom. The van der Waals surface area contributed by atoms with Crippen molar-refractivity contribution in [2.24, 2.45) is 5.92 Å². The first-order valence-corrected chi connectivity index (χ1v) is 9.95. The molecule has 6 heteroatoms. The predicted molar refractivity (Wildman–Crippen MR) is 103 cm³/mol. The Labute approximate surface area is 156 Å². The molecule has 3 aromatic heterocycles. The van der Waals surface area contributed by atoms with E-state index in [0.29, 0.717) is 5.92 Å². The van der Waals surface area contributed by atoms with Gasteiger partial charge in [0.05, 0.1) is 10.6 Å². The Hall–Kier alpha value is -2.18. The van der Waals surface area contributed by atoms with Crippen LogP contribution in [-0.2, 0) is 13.0 Å². The summed E-state index contributed by atoms with van der Waals surface area (Å²) in [5.41, 5.74) is 2.23. The summed E-state index contributed by atoms with van der Waals surface area (Å²) >= 11 is 1.65. The van der Waals surface area contributed by atoms with Crippen LogP contribution in [0.5, 0.6) is 0 Å². The summed E-state index contributed by atoms with van der Waals surface area (Å²) in [6.45, 7) is 5.01. The molecule has 26 heavy (non-hydrogen) atoms. The van der Waals surface area contributed by atoms with Gasteiger partial charge >= 0.3 is 0 Å². The predicted octanol–water partition coefficient (Wildman–Crippen LogP) is 3.85. The van der Waals surface area contributed by atoms with Crippen LogP contribution in [0.25, 0.3) is 10.8 Å². The Morgan fingerprint density at radius 3 is 2.85 bits per heavy atom. The van der Waals surface area contributed by atoms with Crippen LogP contribution in [0.4, 0.5) is 0 Å². The summed E-state index contributed by atoms with van der Waals surface area (Å²) in [7, 11) is 0. The lowest BCUT2D eigenvalue weighted by Gasteiger charge is -2.31. The summed E-state index contributed by atoms with van der Waals surface area (Å²) in [5, 5.41) is 2.04. The molecule has 1 saturated heterocycles. The number of H-pyrrole nitrogens is 1. The molecular weight excluding hydrogens is 346 g/mol. The standard InChI is InChI=1S/C20H23N3O2S/c1-14-17(22-20(25-14)18-3-2-10-26-18)13-23-8-6-15(7-9-23)11-16-4-5-19(24)21-12-16/h2-5,10,12,15H,6-9,11,13H2,1H3,(H,21,24). The van der Waals surface area contributed by atoms with E-state index in [9.17, 15) is 4.79 Å². The maximum atomic E-state index is 11.2. The minimum absolute atomic E-state index is 0.0338. The Morgan fingerprint density at radius 1 is 1.31 bits per heavy atom. The molecular formula is C20H23N3O2S. The molecule has 0 spiro atoms.